The Hall–Kier alpha value is -4.01. The second kappa shape index (κ2) is 7.30. The Morgan fingerprint density at radius 1 is 1.03 bits per heavy atom. The van der Waals surface area contributed by atoms with E-state index in [2.05, 4.69) is 49.4 Å². The van der Waals surface area contributed by atoms with Gasteiger partial charge in [0.05, 0.1) is 37.5 Å². The van der Waals surface area contributed by atoms with E-state index in [1.165, 1.54) is 0 Å². The maximum atomic E-state index is 5.53. The molecule has 4 heterocycles. The fourth-order valence-electron chi connectivity index (χ4n) is 3.90. The van der Waals surface area contributed by atoms with Crippen LogP contribution in [0.3, 0.4) is 0 Å². The number of aromatic nitrogens is 8. The van der Waals surface area contributed by atoms with Crippen LogP contribution in [0.15, 0.2) is 49.1 Å². The van der Waals surface area contributed by atoms with Crippen molar-refractivity contribution in [3.8, 4) is 28.7 Å². The number of ether oxygens (including phenoxy) is 1. The van der Waals surface area contributed by atoms with Crippen molar-refractivity contribution in [3.05, 3.63) is 60.3 Å². The average molecular weight is 426 g/mol. The number of hydrogen-bond acceptors (Lipinski definition) is 6. The normalized spacial score (nSPS) is 13.7. The van der Waals surface area contributed by atoms with Crippen LogP contribution in [0.1, 0.15) is 30.1 Å². The Morgan fingerprint density at radius 2 is 1.88 bits per heavy atom. The van der Waals surface area contributed by atoms with Crippen LogP contribution in [-0.2, 0) is 6.54 Å². The first-order valence-corrected chi connectivity index (χ1v) is 10.6. The van der Waals surface area contributed by atoms with E-state index >= 15 is 0 Å². The summed E-state index contributed by atoms with van der Waals surface area (Å²) in [6.45, 7) is 2.60. The summed E-state index contributed by atoms with van der Waals surface area (Å²) < 4.78 is 9.42. The Bertz CT molecular complexity index is 1410. The zero-order valence-corrected chi connectivity index (χ0v) is 17.9. The molecular formula is C23H22N8O. The third-order valence-corrected chi connectivity index (χ3v) is 5.73. The van der Waals surface area contributed by atoms with Crippen molar-refractivity contribution < 1.29 is 4.74 Å². The molecular weight excluding hydrogens is 404 g/mol. The first-order chi connectivity index (χ1) is 15.7. The Kier molecular flexibility index (Phi) is 4.27. The second-order valence-corrected chi connectivity index (χ2v) is 8.12. The van der Waals surface area contributed by atoms with E-state index < -0.39 is 0 Å². The highest BCUT2D eigenvalue weighted by molar-refractivity contribution is 5.76. The molecule has 0 spiro atoms. The third kappa shape index (κ3) is 3.22. The predicted molar refractivity (Wildman–Crippen MR) is 119 cm³/mol. The van der Waals surface area contributed by atoms with Gasteiger partial charge in [0.2, 0.25) is 0 Å². The molecule has 1 fully saturated rings. The van der Waals surface area contributed by atoms with Crippen molar-refractivity contribution in [2.45, 2.75) is 32.4 Å². The highest BCUT2D eigenvalue weighted by Crippen LogP contribution is 2.40. The van der Waals surface area contributed by atoms with Crippen LogP contribution in [0, 0.1) is 6.92 Å². The molecule has 0 unspecified atom stereocenters. The Balaban J connectivity index is 1.33. The summed E-state index contributed by atoms with van der Waals surface area (Å²) in [4.78, 5) is 17.1. The maximum absolute atomic E-state index is 5.53. The first-order valence-electron chi connectivity index (χ1n) is 10.6. The van der Waals surface area contributed by atoms with Crippen LogP contribution in [-0.4, -0.2) is 46.6 Å². The number of H-pyrrole nitrogens is 1. The monoisotopic (exact) mass is 426 g/mol. The number of nitrogens with zero attached hydrogens (tertiary/aromatic N) is 7. The van der Waals surface area contributed by atoms with E-state index in [9.17, 15) is 0 Å². The molecule has 0 amide bonds. The number of methoxy groups -OCH3 is 1. The molecule has 5 aromatic rings. The molecule has 0 bridgehead atoms. The van der Waals surface area contributed by atoms with Gasteiger partial charge in [0.25, 0.3) is 0 Å². The van der Waals surface area contributed by atoms with E-state index in [1.54, 1.807) is 19.5 Å². The third-order valence-electron chi connectivity index (χ3n) is 5.73. The standard InChI is InChI=1S/C23H22N8O/c1-14-9-24-21(28-14)16-5-3-15(4-6-16)13-30-23-17(11-26-30)10-25-22(29-23)20-19(32-2)12-27-31(20)18-7-8-18/h3-6,9-12,18H,7-8,13H2,1-2H3,(H,24,28). The van der Waals surface area contributed by atoms with Crippen molar-refractivity contribution in [2.24, 2.45) is 0 Å². The molecule has 1 N–H and O–H groups in total. The fraction of sp³-hybridized carbons (Fsp3) is 0.261. The van der Waals surface area contributed by atoms with E-state index in [-0.39, 0.29) is 0 Å². The number of nitrogens with one attached hydrogen (secondary N) is 1. The van der Waals surface area contributed by atoms with Crippen LogP contribution in [0.2, 0.25) is 0 Å². The first kappa shape index (κ1) is 18.7. The van der Waals surface area contributed by atoms with Crippen molar-refractivity contribution >= 4 is 11.0 Å². The van der Waals surface area contributed by atoms with Gasteiger partial charge in [0.1, 0.15) is 11.5 Å². The smallest absolute Gasteiger partial charge is 0.183 e. The van der Waals surface area contributed by atoms with Crippen LogP contribution in [0.5, 0.6) is 5.75 Å². The van der Waals surface area contributed by atoms with Crippen molar-refractivity contribution in [1.82, 2.24) is 39.5 Å². The lowest BCUT2D eigenvalue weighted by Gasteiger charge is -2.08. The summed E-state index contributed by atoms with van der Waals surface area (Å²) in [5.41, 5.74) is 4.83. The summed E-state index contributed by atoms with van der Waals surface area (Å²) in [7, 11) is 1.65. The molecule has 6 rings (SSSR count). The molecule has 9 heteroatoms. The molecule has 0 saturated heterocycles. The van der Waals surface area contributed by atoms with Crippen LogP contribution >= 0.6 is 0 Å². The molecule has 0 atom stereocenters. The number of aryl methyl sites for hydroxylation is 1. The molecule has 1 aliphatic rings. The van der Waals surface area contributed by atoms with E-state index in [1.807, 2.05) is 28.7 Å². The molecule has 32 heavy (non-hydrogen) atoms. The summed E-state index contributed by atoms with van der Waals surface area (Å²) in [6.07, 6.45) is 9.42. The van der Waals surface area contributed by atoms with Gasteiger partial charge in [-0.15, -0.1) is 0 Å². The predicted octanol–water partition coefficient (Wildman–Crippen LogP) is 3.78. The largest absolute Gasteiger partial charge is 0.493 e. The minimum atomic E-state index is 0.398. The van der Waals surface area contributed by atoms with E-state index in [4.69, 9.17) is 9.72 Å². The lowest BCUT2D eigenvalue weighted by molar-refractivity contribution is 0.415. The molecule has 0 aliphatic heterocycles. The van der Waals surface area contributed by atoms with Crippen LogP contribution in [0.4, 0.5) is 0 Å². The topological polar surface area (TPSA) is 99.3 Å². The van der Waals surface area contributed by atoms with Gasteiger partial charge in [-0.2, -0.15) is 10.2 Å². The number of fused-ring (bicyclic) bond motifs is 1. The van der Waals surface area contributed by atoms with Crippen molar-refractivity contribution in [3.63, 3.8) is 0 Å². The number of hydrogen-bond donors (Lipinski definition) is 1. The summed E-state index contributed by atoms with van der Waals surface area (Å²) in [5, 5.41) is 9.95. The van der Waals surface area contributed by atoms with Crippen LogP contribution < -0.4 is 4.74 Å². The number of imidazole rings is 1. The van der Waals surface area contributed by atoms with Crippen molar-refractivity contribution in [1.29, 1.82) is 0 Å². The van der Waals surface area contributed by atoms with Gasteiger partial charge in [-0.3, -0.25) is 4.68 Å². The van der Waals surface area contributed by atoms with E-state index in [0.717, 1.165) is 52.2 Å². The van der Waals surface area contributed by atoms with Gasteiger partial charge >= 0.3 is 0 Å². The fourth-order valence-corrected chi connectivity index (χ4v) is 3.90. The van der Waals surface area contributed by atoms with Gasteiger partial charge in [-0.25, -0.2) is 19.6 Å². The van der Waals surface area contributed by atoms with Gasteiger partial charge in [0, 0.05) is 23.7 Å². The number of benzene rings is 1. The van der Waals surface area contributed by atoms with E-state index in [0.29, 0.717) is 24.2 Å². The highest BCUT2D eigenvalue weighted by atomic mass is 16.5. The maximum Gasteiger partial charge on any atom is 0.183 e. The molecule has 9 nitrogen and oxygen atoms in total. The minimum absolute atomic E-state index is 0.398. The molecule has 160 valence electrons. The molecule has 1 saturated carbocycles. The lowest BCUT2D eigenvalue weighted by Crippen LogP contribution is -2.06. The number of rotatable bonds is 6. The zero-order chi connectivity index (χ0) is 21.7. The Labute approximate surface area is 184 Å². The minimum Gasteiger partial charge on any atom is -0.493 e. The molecule has 1 aromatic carbocycles. The Morgan fingerprint density at radius 3 is 2.59 bits per heavy atom. The van der Waals surface area contributed by atoms with Gasteiger partial charge in [-0.1, -0.05) is 24.3 Å². The molecule has 1 aliphatic carbocycles. The SMILES string of the molecule is COc1cnn(C2CC2)c1-c1ncc2cnn(Cc3ccc(-c4ncc(C)[nH]4)cc3)c2n1. The average Bonchev–Trinajstić information content (AvgIpc) is 3.23. The highest BCUT2D eigenvalue weighted by Gasteiger charge is 2.30. The molecule has 4 aromatic heterocycles. The van der Waals surface area contributed by atoms with Crippen LogP contribution in [0.25, 0.3) is 33.9 Å². The van der Waals surface area contributed by atoms with Crippen molar-refractivity contribution in [2.75, 3.05) is 7.11 Å². The van der Waals surface area contributed by atoms with Gasteiger partial charge in [0.15, 0.2) is 17.2 Å². The second-order valence-electron chi connectivity index (χ2n) is 8.12. The quantitative estimate of drug-likeness (QED) is 0.444. The molecule has 0 radical (unpaired) electrons. The number of aromatic amines is 1. The summed E-state index contributed by atoms with van der Waals surface area (Å²) in [6, 6.07) is 8.72. The summed E-state index contributed by atoms with van der Waals surface area (Å²) >= 11 is 0. The summed E-state index contributed by atoms with van der Waals surface area (Å²) in [5.74, 6) is 2.16. The van der Waals surface area contributed by atoms with Gasteiger partial charge in [-0.05, 0) is 25.3 Å². The lowest BCUT2D eigenvalue weighted by atomic mass is 10.1. The van der Waals surface area contributed by atoms with Gasteiger partial charge < -0.3 is 9.72 Å². The zero-order valence-electron chi connectivity index (χ0n) is 17.9.